The topological polar surface area (TPSA) is 0 Å². The Morgan fingerprint density at radius 3 is 2.58 bits per heavy atom. The van der Waals surface area contributed by atoms with Crippen molar-refractivity contribution in [3.05, 3.63) is 41.5 Å². The molecule has 0 aromatic heterocycles. The zero-order chi connectivity index (χ0) is 9.14. The molecule has 0 nitrogen and oxygen atoms in total. The largest absolute Gasteiger partial charge is 0.0955 e. The van der Waals surface area contributed by atoms with Crippen molar-refractivity contribution < 1.29 is 0 Å². The molecule has 0 unspecified atom stereocenters. The number of hydrogen-bond acceptors (Lipinski definition) is 0. The Balaban J connectivity index is 3.21. The Labute approximate surface area is 74.9 Å². The second kappa shape index (κ2) is 3.57. The van der Waals surface area contributed by atoms with Crippen molar-refractivity contribution in [2.24, 2.45) is 0 Å². The number of allylic oxidation sites excluding steroid dienone is 1. The van der Waals surface area contributed by atoms with E-state index in [-0.39, 0.29) is 0 Å². The van der Waals surface area contributed by atoms with Crippen molar-refractivity contribution in [1.29, 1.82) is 0 Å². The van der Waals surface area contributed by atoms with Crippen LogP contribution in [-0.4, -0.2) is 0 Å². The van der Waals surface area contributed by atoms with E-state index in [9.17, 15) is 0 Å². The van der Waals surface area contributed by atoms with Crippen LogP contribution in [0.25, 0.3) is 5.57 Å². The fourth-order valence-electron chi connectivity index (χ4n) is 1.40. The molecule has 1 aromatic rings. The monoisotopic (exact) mass is 160 g/mol. The lowest BCUT2D eigenvalue weighted by atomic mass is 9.98. The average Bonchev–Trinajstić information content (AvgIpc) is 2.04. The normalized spacial score (nSPS) is 9.92. The Hall–Kier alpha value is -1.04. The molecule has 0 heterocycles. The summed E-state index contributed by atoms with van der Waals surface area (Å²) in [6.45, 7) is 10.3. The Morgan fingerprint density at radius 1 is 1.42 bits per heavy atom. The fraction of sp³-hybridized carbons (Fsp3) is 0.333. The lowest BCUT2D eigenvalue weighted by molar-refractivity contribution is 1.12. The van der Waals surface area contributed by atoms with Gasteiger partial charge in [0.25, 0.3) is 0 Å². The van der Waals surface area contributed by atoms with Gasteiger partial charge in [-0.2, -0.15) is 0 Å². The molecule has 0 aliphatic carbocycles. The summed E-state index contributed by atoms with van der Waals surface area (Å²) < 4.78 is 0. The molecule has 0 saturated heterocycles. The first-order chi connectivity index (χ1) is 5.65. The highest BCUT2D eigenvalue weighted by Crippen LogP contribution is 2.19. The molecular weight excluding hydrogens is 144 g/mol. The third-order valence-corrected chi connectivity index (χ3v) is 2.11. The number of hydrogen-bond donors (Lipinski definition) is 0. The predicted molar refractivity (Wildman–Crippen MR) is 55.3 cm³/mol. The molecule has 0 fully saturated rings. The van der Waals surface area contributed by atoms with Gasteiger partial charge in [-0.1, -0.05) is 42.8 Å². The van der Waals surface area contributed by atoms with Gasteiger partial charge < -0.3 is 0 Å². The summed E-state index contributed by atoms with van der Waals surface area (Å²) in [5.41, 5.74) is 5.19. The molecule has 0 spiro atoms. The zero-order valence-electron chi connectivity index (χ0n) is 8.15. The SMILES string of the molecule is C=C(C)c1cc(C)ccc1CC. The maximum Gasteiger partial charge on any atom is -0.0199 e. The van der Waals surface area contributed by atoms with Crippen molar-refractivity contribution in [3.63, 3.8) is 0 Å². The number of benzene rings is 1. The first kappa shape index (κ1) is 9.05. The second-order valence-corrected chi connectivity index (χ2v) is 3.29. The summed E-state index contributed by atoms with van der Waals surface area (Å²) in [6, 6.07) is 6.56. The van der Waals surface area contributed by atoms with Crippen LogP contribution in [0.4, 0.5) is 0 Å². The van der Waals surface area contributed by atoms with Crippen molar-refractivity contribution in [1.82, 2.24) is 0 Å². The van der Waals surface area contributed by atoms with Crippen LogP contribution >= 0.6 is 0 Å². The van der Waals surface area contributed by atoms with Crippen LogP contribution < -0.4 is 0 Å². The summed E-state index contributed by atoms with van der Waals surface area (Å²) in [5.74, 6) is 0. The van der Waals surface area contributed by atoms with Gasteiger partial charge in [-0.3, -0.25) is 0 Å². The van der Waals surface area contributed by atoms with E-state index in [1.54, 1.807) is 0 Å². The standard InChI is InChI=1S/C12H16/c1-5-11-7-6-10(4)8-12(11)9(2)3/h6-8H,2,5H2,1,3-4H3. The van der Waals surface area contributed by atoms with E-state index in [1.807, 2.05) is 0 Å². The molecule has 1 aromatic carbocycles. The zero-order valence-corrected chi connectivity index (χ0v) is 8.15. The molecule has 0 aliphatic rings. The van der Waals surface area contributed by atoms with E-state index in [1.165, 1.54) is 16.7 Å². The van der Waals surface area contributed by atoms with Gasteiger partial charge in [0.1, 0.15) is 0 Å². The molecule has 0 aliphatic heterocycles. The van der Waals surface area contributed by atoms with Gasteiger partial charge in [0, 0.05) is 0 Å². The van der Waals surface area contributed by atoms with Crippen molar-refractivity contribution in [3.8, 4) is 0 Å². The molecule has 0 bridgehead atoms. The van der Waals surface area contributed by atoms with Crippen LogP contribution in [0.2, 0.25) is 0 Å². The summed E-state index contributed by atoms with van der Waals surface area (Å²) in [7, 11) is 0. The van der Waals surface area contributed by atoms with E-state index in [4.69, 9.17) is 0 Å². The van der Waals surface area contributed by atoms with Crippen LogP contribution in [0.5, 0.6) is 0 Å². The number of aryl methyl sites for hydroxylation is 2. The van der Waals surface area contributed by atoms with Crippen molar-refractivity contribution in [2.45, 2.75) is 27.2 Å². The lowest BCUT2D eigenvalue weighted by Crippen LogP contribution is -1.89. The first-order valence-electron chi connectivity index (χ1n) is 4.40. The van der Waals surface area contributed by atoms with E-state index < -0.39 is 0 Å². The molecular formula is C12H16. The minimum atomic E-state index is 1.09. The molecule has 0 amide bonds. The van der Waals surface area contributed by atoms with Gasteiger partial charge in [-0.15, -0.1) is 0 Å². The van der Waals surface area contributed by atoms with Gasteiger partial charge in [0.15, 0.2) is 0 Å². The van der Waals surface area contributed by atoms with E-state index >= 15 is 0 Å². The number of rotatable bonds is 2. The highest BCUT2D eigenvalue weighted by Gasteiger charge is 2.00. The van der Waals surface area contributed by atoms with Crippen molar-refractivity contribution >= 4 is 5.57 Å². The molecule has 0 saturated carbocycles. The third-order valence-electron chi connectivity index (χ3n) is 2.11. The summed E-state index contributed by atoms with van der Waals surface area (Å²) in [4.78, 5) is 0. The highest BCUT2D eigenvalue weighted by atomic mass is 14.1. The smallest absolute Gasteiger partial charge is 0.0199 e. The Bertz CT molecular complexity index is 295. The Morgan fingerprint density at radius 2 is 2.08 bits per heavy atom. The van der Waals surface area contributed by atoms with Gasteiger partial charge >= 0.3 is 0 Å². The lowest BCUT2D eigenvalue weighted by Gasteiger charge is -2.07. The van der Waals surface area contributed by atoms with E-state index in [2.05, 4.69) is 45.5 Å². The minimum absolute atomic E-state index is 1.09. The molecule has 0 N–H and O–H groups in total. The first-order valence-corrected chi connectivity index (χ1v) is 4.40. The van der Waals surface area contributed by atoms with Crippen LogP contribution in [0.3, 0.4) is 0 Å². The minimum Gasteiger partial charge on any atom is -0.0955 e. The predicted octanol–water partition coefficient (Wildman–Crippen LogP) is 3.59. The second-order valence-electron chi connectivity index (χ2n) is 3.29. The quantitative estimate of drug-likeness (QED) is 0.620. The van der Waals surface area contributed by atoms with Gasteiger partial charge in [-0.25, -0.2) is 0 Å². The summed E-state index contributed by atoms with van der Waals surface area (Å²) >= 11 is 0. The van der Waals surface area contributed by atoms with Crippen LogP contribution in [0.1, 0.15) is 30.5 Å². The Kier molecular flexibility index (Phi) is 2.69. The van der Waals surface area contributed by atoms with Crippen LogP contribution in [0, 0.1) is 6.92 Å². The van der Waals surface area contributed by atoms with E-state index in [0.29, 0.717) is 0 Å². The molecule has 1 rings (SSSR count). The molecule has 0 heteroatoms. The van der Waals surface area contributed by atoms with Crippen molar-refractivity contribution in [2.75, 3.05) is 0 Å². The van der Waals surface area contributed by atoms with Crippen LogP contribution in [-0.2, 0) is 6.42 Å². The fourth-order valence-corrected chi connectivity index (χ4v) is 1.40. The average molecular weight is 160 g/mol. The van der Waals surface area contributed by atoms with Gasteiger partial charge in [0.2, 0.25) is 0 Å². The highest BCUT2D eigenvalue weighted by molar-refractivity contribution is 5.65. The summed E-state index contributed by atoms with van der Waals surface area (Å²) in [6.07, 6.45) is 1.09. The molecule has 12 heavy (non-hydrogen) atoms. The van der Waals surface area contributed by atoms with E-state index in [0.717, 1.165) is 12.0 Å². The maximum absolute atomic E-state index is 3.98. The molecule has 64 valence electrons. The maximum atomic E-state index is 3.98. The molecule has 0 atom stereocenters. The van der Waals surface area contributed by atoms with Crippen LogP contribution in [0.15, 0.2) is 24.8 Å². The third kappa shape index (κ3) is 1.76. The molecule has 0 radical (unpaired) electrons. The summed E-state index contributed by atoms with van der Waals surface area (Å²) in [5, 5.41) is 0. The van der Waals surface area contributed by atoms with Gasteiger partial charge in [-0.05, 0) is 31.4 Å². The van der Waals surface area contributed by atoms with Gasteiger partial charge in [0.05, 0.1) is 0 Å².